The molecule has 3 N–H and O–H groups in total. The summed E-state index contributed by atoms with van der Waals surface area (Å²) < 4.78 is 0. The molecule has 0 saturated carbocycles. The third-order valence-electron chi connectivity index (χ3n) is 3.96. The fraction of sp³-hybridized carbons (Fsp3) is 0.533. The predicted octanol–water partition coefficient (Wildman–Crippen LogP) is 1.62. The fourth-order valence-electron chi connectivity index (χ4n) is 3.01. The Hall–Kier alpha value is -1.75. The molecule has 0 amide bonds. The van der Waals surface area contributed by atoms with E-state index in [2.05, 4.69) is 41.9 Å². The first-order valence-corrected chi connectivity index (χ1v) is 7.07. The fourth-order valence-corrected chi connectivity index (χ4v) is 3.01. The summed E-state index contributed by atoms with van der Waals surface area (Å²) in [6.07, 6.45) is 1.12. The molecular formula is C15H24N4O. The molecule has 20 heavy (non-hydrogen) atoms. The number of para-hydroxylation sites is 1. The number of oxime groups is 1. The van der Waals surface area contributed by atoms with Gasteiger partial charge < -0.3 is 20.7 Å². The standard InChI is InChI=1S/C15H24N4O/c1-11-6-4-7-13(15(16)17-20)14(11)19-9-5-8-18(3)10-12(19)2/h4,6-7,12,20H,5,8-10H2,1-3H3,(H2,16,17). The van der Waals surface area contributed by atoms with Crippen LogP contribution in [0.5, 0.6) is 0 Å². The summed E-state index contributed by atoms with van der Waals surface area (Å²) in [6.45, 7) is 7.41. The molecule has 1 fully saturated rings. The second-order valence-electron chi connectivity index (χ2n) is 5.61. The molecule has 1 atom stereocenters. The summed E-state index contributed by atoms with van der Waals surface area (Å²) in [5.74, 6) is 0.175. The highest BCUT2D eigenvalue weighted by Gasteiger charge is 2.24. The molecule has 0 spiro atoms. The van der Waals surface area contributed by atoms with E-state index in [0.717, 1.165) is 42.9 Å². The number of nitrogens with zero attached hydrogens (tertiary/aromatic N) is 3. The maximum absolute atomic E-state index is 9.00. The van der Waals surface area contributed by atoms with Crippen molar-refractivity contribution in [1.29, 1.82) is 0 Å². The maximum Gasteiger partial charge on any atom is 0.172 e. The van der Waals surface area contributed by atoms with Crippen LogP contribution in [0.15, 0.2) is 23.4 Å². The predicted molar refractivity (Wildman–Crippen MR) is 82.6 cm³/mol. The van der Waals surface area contributed by atoms with Gasteiger partial charge in [-0.1, -0.05) is 17.3 Å². The Kier molecular flexibility index (Phi) is 4.49. The number of rotatable bonds is 2. The minimum atomic E-state index is 0.175. The summed E-state index contributed by atoms with van der Waals surface area (Å²) in [5, 5.41) is 12.2. The zero-order valence-corrected chi connectivity index (χ0v) is 12.5. The number of anilines is 1. The Morgan fingerprint density at radius 2 is 2.15 bits per heavy atom. The highest BCUT2D eigenvalue weighted by molar-refractivity contribution is 6.02. The molecule has 1 aromatic carbocycles. The van der Waals surface area contributed by atoms with Crippen molar-refractivity contribution in [3.8, 4) is 0 Å². The highest BCUT2D eigenvalue weighted by Crippen LogP contribution is 2.28. The molecule has 0 bridgehead atoms. The first-order valence-electron chi connectivity index (χ1n) is 7.07. The minimum absolute atomic E-state index is 0.175. The van der Waals surface area contributed by atoms with Gasteiger partial charge in [-0.15, -0.1) is 0 Å². The molecule has 0 radical (unpaired) electrons. The lowest BCUT2D eigenvalue weighted by Crippen LogP contribution is -2.39. The van der Waals surface area contributed by atoms with Crippen molar-refractivity contribution in [1.82, 2.24) is 4.90 Å². The monoisotopic (exact) mass is 276 g/mol. The minimum Gasteiger partial charge on any atom is -0.409 e. The third kappa shape index (κ3) is 2.88. The molecule has 5 heteroatoms. The van der Waals surface area contributed by atoms with Crippen molar-refractivity contribution < 1.29 is 5.21 Å². The molecule has 1 aliphatic rings. The largest absolute Gasteiger partial charge is 0.409 e. The summed E-state index contributed by atoms with van der Waals surface area (Å²) in [5.41, 5.74) is 8.90. The van der Waals surface area contributed by atoms with E-state index in [-0.39, 0.29) is 5.84 Å². The Morgan fingerprint density at radius 1 is 1.40 bits per heavy atom. The van der Waals surface area contributed by atoms with Crippen LogP contribution in [0.25, 0.3) is 0 Å². The molecule has 1 aromatic rings. The molecule has 1 saturated heterocycles. The van der Waals surface area contributed by atoms with Gasteiger partial charge in [0.05, 0.1) is 5.69 Å². The summed E-state index contributed by atoms with van der Waals surface area (Å²) in [6, 6.07) is 6.33. The van der Waals surface area contributed by atoms with Crippen molar-refractivity contribution in [3.05, 3.63) is 29.3 Å². The van der Waals surface area contributed by atoms with Crippen LogP contribution >= 0.6 is 0 Å². The molecule has 110 valence electrons. The lowest BCUT2D eigenvalue weighted by molar-refractivity contribution is 0.318. The molecule has 1 unspecified atom stereocenters. The van der Waals surface area contributed by atoms with E-state index in [4.69, 9.17) is 10.9 Å². The van der Waals surface area contributed by atoms with Crippen molar-refractivity contribution in [2.75, 3.05) is 31.6 Å². The number of aryl methyl sites for hydroxylation is 1. The summed E-state index contributed by atoms with van der Waals surface area (Å²) in [4.78, 5) is 4.73. The normalized spacial score (nSPS) is 21.9. The zero-order chi connectivity index (χ0) is 14.7. The maximum atomic E-state index is 9.00. The van der Waals surface area contributed by atoms with Gasteiger partial charge in [-0.2, -0.15) is 0 Å². The molecule has 1 heterocycles. The summed E-state index contributed by atoms with van der Waals surface area (Å²) >= 11 is 0. The van der Waals surface area contributed by atoms with Gasteiger partial charge in [-0.3, -0.25) is 0 Å². The van der Waals surface area contributed by atoms with Crippen LogP contribution in [-0.4, -0.2) is 48.7 Å². The van der Waals surface area contributed by atoms with Gasteiger partial charge in [0, 0.05) is 24.7 Å². The van der Waals surface area contributed by atoms with Gasteiger partial charge >= 0.3 is 0 Å². The van der Waals surface area contributed by atoms with E-state index < -0.39 is 0 Å². The van der Waals surface area contributed by atoms with Gasteiger partial charge in [-0.25, -0.2) is 0 Å². The Balaban J connectivity index is 2.45. The van der Waals surface area contributed by atoms with Crippen LogP contribution in [0.1, 0.15) is 24.5 Å². The Labute approximate surface area is 120 Å². The second kappa shape index (κ2) is 6.13. The number of nitrogens with two attached hydrogens (primary N) is 1. The third-order valence-corrected chi connectivity index (χ3v) is 3.96. The molecule has 0 aromatic heterocycles. The summed E-state index contributed by atoms with van der Waals surface area (Å²) in [7, 11) is 2.16. The molecule has 2 rings (SSSR count). The van der Waals surface area contributed by atoms with Crippen LogP contribution in [-0.2, 0) is 0 Å². The van der Waals surface area contributed by atoms with Crippen LogP contribution in [0.4, 0.5) is 5.69 Å². The first kappa shape index (κ1) is 14.7. The second-order valence-corrected chi connectivity index (χ2v) is 5.61. The number of benzene rings is 1. The molecular weight excluding hydrogens is 252 g/mol. The average molecular weight is 276 g/mol. The lowest BCUT2D eigenvalue weighted by Gasteiger charge is -2.33. The van der Waals surface area contributed by atoms with Crippen LogP contribution < -0.4 is 10.6 Å². The average Bonchev–Trinajstić information content (AvgIpc) is 2.58. The number of hydrogen-bond acceptors (Lipinski definition) is 4. The van der Waals surface area contributed by atoms with Gasteiger partial charge in [0.15, 0.2) is 5.84 Å². The zero-order valence-electron chi connectivity index (χ0n) is 12.5. The van der Waals surface area contributed by atoms with Crippen molar-refractivity contribution in [2.24, 2.45) is 10.9 Å². The Bertz CT molecular complexity index is 501. The number of likely N-dealkylation sites (N-methyl/N-ethyl adjacent to an activating group) is 1. The SMILES string of the molecule is Cc1cccc(/C(N)=N/O)c1N1CCCN(C)CC1C. The van der Waals surface area contributed by atoms with Gasteiger partial charge in [-0.05, 0) is 45.5 Å². The van der Waals surface area contributed by atoms with E-state index >= 15 is 0 Å². The van der Waals surface area contributed by atoms with E-state index in [1.807, 2.05) is 12.1 Å². The van der Waals surface area contributed by atoms with Gasteiger partial charge in [0.2, 0.25) is 0 Å². The quantitative estimate of drug-likeness (QED) is 0.373. The first-order chi connectivity index (χ1) is 9.54. The van der Waals surface area contributed by atoms with E-state index in [1.165, 1.54) is 0 Å². The van der Waals surface area contributed by atoms with Gasteiger partial charge in [0.1, 0.15) is 0 Å². The van der Waals surface area contributed by atoms with E-state index in [0.29, 0.717) is 6.04 Å². The van der Waals surface area contributed by atoms with E-state index in [9.17, 15) is 0 Å². The van der Waals surface area contributed by atoms with Crippen molar-refractivity contribution >= 4 is 11.5 Å². The molecule has 0 aliphatic carbocycles. The van der Waals surface area contributed by atoms with E-state index in [1.54, 1.807) is 0 Å². The van der Waals surface area contributed by atoms with Crippen LogP contribution in [0.3, 0.4) is 0 Å². The van der Waals surface area contributed by atoms with Crippen molar-refractivity contribution in [3.63, 3.8) is 0 Å². The van der Waals surface area contributed by atoms with Gasteiger partial charge in [0.25, 0.3) is 0 Å². The smallest absolute Gasteiger partial charge is 0.172 e. The lowest BCUT2D eigenvalue weighted by atomic mass is 10.0. The number of amidine groups is 1. The Morgan fingerprint density at radius 3 is 2.85 bits per heavy atom. The molecule has 1 aliphatic heterocycles. The molecule has 5 nitrogen and oxygen atoms in total. The number of hydrogen-bond donors (Lipinski definition) is 2. The van der Waals surface area contributed by atoms with Crippen molar-refractivity contribution in [2.45, 2.75) is 26.3 Å². The van der Waals surface area contributed by atoms with Crippen LogP contribution in [0, 0.1) is 6.92 Å². The highest BCUT2D eigenvalue weighted by atomic mass is 16.4. The van der Waals surface area contributed by atoms with Crippen LogP contribution in [0.2, 0.25) is 0 Å². The topological polar surface area (TPSA) is 65.1 Å².